The number of aliphatic hydroxyl groups excluding tert-OH is 1. The maximum Gasteiger partial charge on any atom is 0.165 e. The quantitative estimate of drug-likeness (QED) is 0.499. The maximum atomic E-state index is 13.0. The summed E-state index contributed by atoms with van der Waals surface area (Å²) in [7, 11) is 0. The number of nitrogens with two attached hydrogens (primary N) is 1. The Morgan fingerprint density at radius 3 is 2.54 bits per heavy atom. The molecule has 13 heavy (non-hydrogen) atoms. The van der Waals surface area contributed by atoms with Gasteiger partial charge in [0, 0.05) is 0 Å². The lowest BCUT2D eigenvalue weighted by molar-refractivity contribution is 0.261. The number of hydrogen-bond acceptors (Lipinski definition) is 4. The number of phenols is 2. The molecule has 0 amide bonds. The molecule has 0 bridgehead atoms. The van der Waals surface area contributed by atoms with Crippen LogP contribution in [0.25, 0.3) is 0 Å². The molecule has 5 N–H and O–H groups in total. The van der Waals surface area contributed by atoms with E-state index < -0.39 is 30.0 Å². The predicted octanol–water partition coefficient (Wildman–Crippen LogP) is 0.229. The summed E-state index contributed by atoms with van der Waals surface area (Å²) in [5.74, 6) is -1.83. The molecular formula is C8H10FNO3. The average molecular weight is 187 g/mol. The van der Waals surface area contributed by atoms with Crippen LogP contribution in [0.5, 0.6) is 11.5 Å². The number of halogens is 1. The largest absolute Gasteiger partial charge is 0.504 e. The fourth-order valence-electron chi connectivity index (χ4n) is 1.02. The number of phenolic OH excluding ortho intramolecular Hbond substituents is 2. The Morgan fingerprint density at radius 2 is 2.00 bits per heavy atom. The van der Waals surface area contributed by atoms with Gasteiger partial charge in [0.2, 0.25) is 0 Å². The normalized spacial score (nSPS) is 12.8. The lowest BCUT2D eigenvalue weighted by atomic mass is 10.1. The molecule has 0 radical (unpaired) electrons. The number of aromatic hydroxyl groups is 2. The smallest absolute Gasteiger partial charge is 0.165 e. The second-order valence-corrected chi connectivity index (χ2v) is 2.62. The standard InChI is InChI=1S/C8H10FNO3/c9-4-1-2-6(12)8(13)7(4)5(10)3-11/h1-2,5,11-13H,3,10H2. The van der Waals surface area contributed by atoms with Gasteiger partial charge in [-0.3, -0.25) is 0 Å². The molecule has 0 heterocycles. The Kier molecular flexibility index (Phi) is 2.69. The average Bonchev–Trinajstić information content (AvgIpc) is 2.12. The molecule has 0 aliphatic rings. The van der Waals surface area contributed by atoms with E-state index >= 15 is 0 Å². The van der Waals surface area contributed by atoms with Gasteiger partial charge in [-0.2, -0.15) is 0 Å². The Hall–Kier alpha value is -1.33. The molecule has 0 aliphatic heterocycles. The molecule has 0 saturated heterocycles. The molecule has 0 aromatic heterocycles. The van der Waals surface area contributed by atoms with Crippen molar-refractivity contribution < 1.29 is 19.7 Å². The van der Waals surface area contributed by atoms with E-state index in [4.69, 9.17) is 15.9 Å². The summed E-state index contributed by atoms with van der Waals surface area (Å²) in [6, 6.07) is 0.949. The lowest BCUT2D eigenvalue weighted by Crippen LogP contribution is -2.16. The van der Waals surface area contributed by atoms with Gasteiger partial charge in [0.15, 0.2) is 11.5 Å². The van der Waals surface area contributed by atoms with Gasteiger partial charge >= 0.3 is 0 Å². The van der Waals surface area contributed by atoms with Gasteiger partial charge in [-0.15, -0.1) is 0 Å². The summed E-state index contributed by atoms with van der Waals surface area (Å²) in [5, 5.41) is 26.9. The van der Waals surface area contributed by atoms with Crippen LogP contribution in [-0.2, 0) is 0 Å². The summed E-state index contributed by atoms with van der Waals surface area (Å²) < 4.78 is 13.0. The number of rotatable bonds is 2. The Balaban J connectivity index is 3.25. The molecule has 1 aromatic rings. The van der Waals surface area contributed by atoms with Crippen molar-refractivity contribution in [3.8, 4) is 11.5 Å². The maximum absolute atomic E-state index is 13.0. The molecule has 5 heteroatoms. The van der Waals surface area contributed by atoms with E-state index in [-0.39, 0.29) is 5.56 Å². The molecule has 0 saturated carbocycles. The van der Waals surface area contributed by atoms with Gasteiger partial charge < -0.3 is 21.1 Å². The van der Waals surface area contributed by atoms with E-state index in [1.807, 2.05) is 0 Å². The first kappa shape index (κ1) is 9.76. The molecular weight excluding hydrogens is 177 g/mol. The minimum absolute atomic E-state index is 0.275. The zero-order valence-corrected chi connectivity index (χ0v) is 6.74. The highest BCUT2D eigenvalue weighted by molar-refractivity contribution is 5.46. The van der Waals surface area contributed by atoms with Crippen LogP contribution in [0.2, 0.25) is 0 Å². The molecule has 1 unspecified atom stereocenters. The molecule has 0 fully saturated rings. The van der Waals surface area contributed by atoms with Crippen molar-refractivity contribution in [3.63, 3.8) is 0 Å². The van der Waals surface area contributed by atoms with E-state index in [0.717, 1.165) is 12.1 Å². The van der Waals surface area contributed by atoms with Gasteiger partial charge in [-0.1, -0.05) is 0 Å². The van der Waals surface area contributed by atoms with E-state index in [0.29, 0.717) is 0 Å². The molecule has 4 nitrogen and oxygen atoms in total. The third-order valence-electron chi connectivity index (χ3n) is 1.71. The van der Waals surface area contributed by atoms with Crippen molar-refractivity contribution in [1.29, 1.82) is 0 Å². The monoisotopic (exact) mass is 187 g/mol. The predicted molar refractivity (Wildman–Crippen MR) is 43.7 cm³/mol. The minimum Gasteiger partial charge on any atom is -0.504 e. The zero-order valence-electron chi connectivity index (χ0n) is 6.74. The van der Waals surface area contributed by atoms with Crippen LogP contribution in [0.3, 0.4) is 0 Å². The van der Waals surface area contributed by atoms with Crippen molar-refractivity contribution in [1.82, 2.24) is 0 Å². The summed E-state index contributed by atoms with van der Waals surface area (Å²) in [4.78, 5) is 0. The van der Waals surface area contributed by atoms with Crippen molar-refractivity contribution >= 4 is 0 Å². The number of benzene rings is 1. The third kappa shape index (κ3) is 1.71. The Bertz CT molecular complexity index is 317. The van der Waals surface area contributed by atoms with Crippen molar-refractivity contribution in [3.05, 3.63) is 23.5 Å². The van der Waals surface area contributed by atoms with Gasteiger partial charge in [0.25, 0.3) is 0 Å². The Labute approximate surface area is 74.0 Å². The second kappa shape index (κ2) is 3.59. The molecule has 72 valence electrons. The topological polar surface area (TPSA) is 86.7 Å². The molecule has 1 rings (SSSR count). The van der Waals surface area contributed by atoms with E-state index in [1.165, 1.54) is 0 Å². The van der Waals surface area contributed by atoms with Gasteiger partial charge in [0.05, 0.1) is 18.2 Å². The first-order chi connectivity index (χ1) is 6.07. The van der Waals surface area contributed by atoms with Crippen LogP contribution < -0.4 is 5.73 Å². The fourth-order valence-corrected chi connectivity index (χ4v) is 1.02. The molecule has 1 atom stereocenters. The highest BCUT2D eigenvalue weighted by atomic mass is 19.1. The van der Waals surface area contributed by atoms with E-state index in [9.17, 15) is 9.50 Å². The van der Waals surface area contributed by atoms with Crippen LogP contribution in [-0.4, -0.2) is 21.9 Å². The highest BCUT2D eigenvalue weighted by Crippen LogP contribution is 2.33. The fraction of sp³-hybridized carbons (Fsp3) is 0.250. The summed E-state index contributed by atoms with van der Waals surface area (Å²) in [6.45, 7) is -0.506. The first-order valence-electron chi connectivity index (χ1n) is 3.64. The van der Waals surface area contributed by atoms with Crippen LogP contribution in [0.15, 0.2) is 12.1 Å². The van der Waals surface area contributed by atoms with Crippen LogP contribution >= 0.6 is 0 Å². The van der Waals surface area contributed by atoms with Crippen molar-refractivity contribution in [2.45, 2.75) is 6.04 Å². The SMILES string of the molecule is NC(CO)c1c(F)ccc(O)c1O. The molecule has 1 aromatic carbocycles. The highest BCUT2D eigenvalue weighted by Gasteiger charge is 2.17. The van der Waals surface area contributed by atoms with Crippen LogP contribution in [0, 0.1) is 5.82 Å². The van der Waals surface area contributed by atoms with Crippen LogP contribution in [0.4, 0.5) is 4.39 Å². The van der Waals surface area contributed by atoms with E-state index in [2.05, 4.69) is 0 Å². The summed E-state index contributed by atoms with van der Waals surface area (Å²) in [5.41, 5.74) is 5.03. The first-order valence-corrected chi connectivity index (χ1v) is 3.64. The minimum atomic E-state index is -1.04. The van der Waals surface area contributed by atoms with Crippen molar-refractivity contribution in [2.24, 2.45) is 5.73 Å². The van der Waals surface area contributed by atoms with E-state index in [1.54, 1.807) is 0 Å². The molecule has 0 spiro atoms. The summed E-state index contributed by atoms with van der Waals surface area (Å²) in [6.07, 6.45) is 0. The van der Waals surface area contributed by atoms with Gasteiger partial charge in [-0.05, 0) is 12.1 Å². The third-order valence-corrected chi connectivity index (χ3v) is 1.71. The van der Waals surface area contributed by atoms with Gasteiger partial charge in [-0.25, -0.2) is 4.39 Å². The summed E-state index contributed by atoms with van der Waals surface area (Å²) >= 11 is 0. The van der Waals surface area contributed by atoms with Gasteiger partial charge in [0.1, 0.15) is 5.82 Å². The second-order valence-electron chi connectivity index (χ2n) is 2.62. The zero-order chi connectivity index (χ0) is 10.0. The van der Waals surface area contributed by atoms with Crippen LogP contribution in [0.1, 0.15) is 11.6 Å². The Morgan fingerprint density at radius 1 is 1.38 bits per heavy atom. The number of hydrogen-bond donors (Lipinski definition) is 4. The lowest BCUT2D eigenvalue weighted by Gasteiger charge is -2.12. The number of aliphatic hydroxyl groups is 1. The molecule has 0 aliphatic carbocycles. The van der Waals surface area contributed by atoms with Crippen molar-refractivity contribution in [2.75, 3.05) is 6.61 Å².